The Hall–Kier alpha value is -2.03. The third kappa shape index (κ3) is 1.84. The van der Waals surface area contributed by atoms with Gasteiger partial charge in [-0.2, -0.15) is 0 Å². The van der Waals surface area contributed by atoms with Crippen molar-refractivity contribution in [3.8, 4) is 5.69 Å². The normalized spacial score (nSPS) is 15.5. The number of rotatable bonds is 2. The molecule has 1 aromatic heterocycles. The number of hydrogen-bond donors (Lipinski definition) is 0. The van der Waals surface area contributed by atoms with E-state index in [1.54, 1.807) is 0 Å². The first-order valence-electron chi connectivity index (χ1n) is 5.88. The van der Waals surface area contributed by atoms with Gasteiger partial charge in [-0.15, -0.1) is 0 Å². The van der Waals surface area contributed by atoms with Gasteiger partial charge in [0.25, 0.3) is 0 Å². The van der Waals surface area contributed by atoms with E-state index in [4.69, 9.17) is 0 Å². The third-order valence-electron chi connectivity index (χ3n) is 3.14. The van der Waals surface area contributed by atoms with Crippen LogP contribution in [0.5, 0.6) is 0 Å². The van der Waals surface area contributed by atoms with E-state index in [1.807, 2.05) is 53.7 Å². The molecular formula is C14H14N2O. The molecule has 17 heavy (non-hydrogen) atoms. The second kappa shape index (κ2) is 4.09. The van der Waals surface area contributed by atoms with E-state index in [0.29, 0.717) is 6.42 Å². The smallest absolute Gasteiger partial charge is 0.227 e. The molecule has 3 heteroatoms. The second-order valence-corrected chi connectivity index (χ2v) is 4.26. The predicted molar refractivity (Wildman–Crippen MR) is 67.4 cm³/mol. The maximum atomic E-state index is 11.6. The van der Waals surface area contributed by atoms with Crippen LogP contribution in [0, 0.1) is 0 Å². The molecule has 1 aromatic carbocycles. The fourth-order valence-corrected chi connectivity index (χ4v) is 2.23. The first-order valence-corrected chi connectivity index (χ1v) is 5.88. The molecule has 0 atom stereocenters. The van der Waals surface area contributed by atoms with Crippen molar-refractivity contribution in [3.05, 3.63) is 48.8 Å². The van der Waals surface area contributed by atoms with Gasteiger partial charge in [-0.25, -0.2) is 0 Å². The zero-order chi connectivity index (χ0) is 11.7. The molecule has 0 spiro atoms. The summed E-state index contributed by atoms with van der Waals surface area (Å²) in [6.07, 6.45) is 5.67. The molecule has 0 unspecified atom stereocenters. The van der Waals surface area contributed by atoms with Gasteiger partial charge in [0.15, 0.2) is 0 Å². The van der Waals surface area contributed by atoms with Gasteiger partial charge in [-0.1, -0.05) is 0 Å². The van der Waals surface area contributed by atoms with Crippen molar-refractivity contribution < 1.29 is 4.79 Å². The van der Waals surface area contributed by atoms with E-state index in [9.17, 15) is 4.79 Å². The van der Waals surface area contributed by atoms with Gasteiger partial charge in [0, 0.05) is 36.7 Å². The molecule has 1 amide bonds. The highest BCUT2D eigenvalue weighted by atomic mass is 16.2. The molecule has 1 fully saturated rings. The first kappa shape index (κ1) is 10.1. The Bertz CT molecular complexity index is 514. The molecule has 86 valence electrons. The summed E-state index contributed by atoms with van der Waals surface area (Å²) in [5, 5.41) is 0. The predicted octanol–water partition coefficient (Wildman–Crippen LogP) is 2.60. The van der Waals surface area contributed by atoms with E-state index >= 15 is 0 Å². The Labute approximate surface area is 100 Å². The fraction of sp³-hybridized carbons (Fsp3) is 0.214. The van der Waals surface area contributed by atoms with Crippen LogP contribution in [0.25, 0.3) is 5.69 Å². The molecule has 0 N–H and O–H groups in total. The van der Waals surface area contributed by atoms with Gasteiger partial charge < -0.3 is 9.47 Å². The minimum atomic E-state index is 0.235. The zero-order valence-electron chi connectivity index (χ0n) is 9.54. The van der Waals surface area contributed by atoms with Crippen LogP contribution < -0.4 is 4.90 Å². The standard InChI is InChI=1S/C14H14N2O/c17-14-4-3-11-16(14)13-7-5-12(6-8-13)15-9-1-2-10-15/h1-2,5-10H,3-4,11H2. The van der Waals surface area contributed by atoms with Crippen LogP contribution >= 0.6 is 0 Å². The molecule has 2 heterocycles. The molecule has 3 nitrogen and oxygen atoms in total. The second-order valence-electron chi connectivity index (χ2n) is 4.26. The van der Waals surface area contributed by atoms with Crippen molar-refractivity contribution in [2.75, 3.05) is 11.4 Å². The van der Waals surface area contributed by atoms with Crippen LogP contribution in [0.4, 0.5) is 5.69 Å². The van der Waals surface area contributed by atoms with Crippen LogP contribution in [-0.2, 0) is 4.79 Å². The number of carbonyl (C=O) groups is 1. The number of anilines is 1. The lowest BCUT2D eigenvalue weighted by molar-refractivity contribution is -0.117. The molecule has 2 aromatic rings. The number of hydrogen-bond acceptors (Lipinski definition) is 1. The van der Waals surface area contributed by atoms with Gasteiger partial charge in [-0.05, 0) is 42.8 Å². The van der Waals surface area contributed by atoms with Crippen LogP contribution in [0.1, 0.15) is 12.8 Å². The summed E-state index contributed by atoms with van der Waals surface area (Å²) >= 11 is 0. The van der Waals surface area contributed by atoms with Crippen molar-refractivity contribution in [1.29, 1.82) is 0 Å². The third-order valence-corrected chi connectivity index (χ3v) is 3.14. The maximum Gasteiger partial charge on any atom is 0.227 e. The number of nitrogens with zero attached hydrogens (tertiary/aromatic N) is 2. The lowest BCUT2D eigenvalue weighted by Gasteiger charge is -2.16. The Balaban J connectivity index is 1.87. The SMILES string of the molecule is O=C1CCCN1c1ccc(-n2cccc2)cc1. The Morgan fingerprint density at radius 2 is 1.59 bits per heavy atom. The quantitative estimate of drug-likeness (QED) is 0.772. The minimum Gasteiger partial charge on any atom is -0.324 e. The monoisotopic (exact) mass is 226 g/mol. The van der Waals surface area contributed by atoms with E-state index in [1.165, 1.54) is 0 Å². The van der Waals surface area contributed by atoms with Crippen molar-refractivity contribution in [3.63, 3.8) is 0 Å². The summed E-state index contributed by atoms with van der Waals surface area (Å²) in [5.74, 6) is 0.235. The van der Waals surface area contributed by atoms with Crippen molar-refractivity contribution in [2.45, 2.75) is 12.8 Å². The zero-order valence-corrected chi connectivity index (χ0v) is 9.54. The van der Waals surface area contributed by atoms with Crippen LogP contribution in [0.3, 0.4) is 0 Å². The maximum absolute atomic E-state index is 11.6. The largest absolute Gasteiger partial charge is 0.324 e. The summed E-state index contributed by atoms with van der Waals surface area (Å²) in [4.78, 5) is 13.5. The van der Waals surface area contributed by atoms with Crippen LogP contribution in [0.15, 0.2) is 48.8 Å². The lowest BCUT2D eigenvalue weighted by atomic mass is 10.2. The van der Waals surface area contributed by atoms with Gasteiger partial charge in [0.2, 0.25) is 5.91 Å². The van der Waals surface area contributed by atoms with Crippen LogP contribution in [0.2, 0.25) is 0 Å². The lowest BCUT2D eigenvalue weighted by Crippen LogP contribution is -2.23. The Morgan fingerprint density at radius 3 is 2.18 bits per heavy atom. The minimum absolute atomic E-state index is 0.235. The summed E-state index contributed by atoms with van der Waals surface area (Å²) < 4.78 is 2.05. The molecule has 3 rings (SSSR count). The van der Waals surface area contributed by atoms with Crippen molar-refractivity contribution >= 4 is 11.6 Å². The Morgan fingerprint density at radius 1 is 0.941 bits per heavy atom. The average molecular weight is 226 g/mol. The molecule has 1 aliphatic heterocycles. The van der Waals surface area contributed by atoms with E-state index in [0.717, 1.165) is 24.3 Å². The van der Waals surface area contributed by atoms with Gasteiger partial charge in [-0.3, -0.25) is 4.79 Å². The summed E-state index contributed by atoms with van der Waals surface area (Å²) in [6, 6.07) is 12.1. The molecule has 1 saturated heterocycles. The molecule has 0 bridgehead atoms. The van der Waals surface area contributed by atoms with Gasteiger partial charge >= 0.3 is 0 Å². The average Bonchev–Trinajstić information content (AvgIpc) is 3.00. The fourth-order valence-electron chi connectivity index (χ4n) is 2.23. The van der Waals surface area contributed by atoms with E-state index in [-0.39, 0.29) is 5.91 Å². The topological polar surface area (TPSA) is 25.2 Å². The van der Waals surface area contributed by atoms with Crippen molar-refractivity contribution in [1.82, 2.24) is 4.57 Å². The van der Waals surface area contributed by atoms with Gasteiger partial charge in [0.05, 0.1) is 0 Å². The summed E-state index contributed by atoms with van der Waals surface area (Å²) in [5.41, 5.74) is 2.12. The van der Waals surface area contributed by atoms with E-state index in [2.05, 4.69) is 4.57 Å². The highest BCUT2D eigenvalue weighted by Crippen LogP contribution is 2.22. The number of carbonyl (C=O) groups excluding carboxylic acids is 1. The number of benzene rings is 1. The van der Waals surface area contributed by atoms with Gasteiger partial charge in [0.1, 0.15) is 0 Å². The van der Waals surface area contributed by atoms with Crippen LogP contribution in [-0.4, -0.2) is 17.0 Å². The highest BCUT2D eigenvalue weighted by Gasteiger charge is 2.21. The summed E-state index contributed by atoms with van der Waals surface area (Å²) in [7, 11) is 0. The van der Waals surface area contributed by atoms with Crippen molar-refractivity contribution in [2.24, 2.45) is 0 Å². The Kier molecular flexibility index (Phi) is 2.44. The first-order chi connectivity index (χ1) is 8.34. The van der Waals surface area contributed by atoms with E-state index < -0.39 is 0 Å². The molecule has 0 saturated carbocycles. The summed E-state index contributed by atoms with van der Waals surface area (Å²) in [6.45, 7) is 0.849. The molecular weight excluding hydrogens is 212 g/mol. The molecule has 0 aliphatic carbocycles. The molecule has 1 aliphatic rings. The number of amides is 1. The highest BCUT2D eigenvalue weighted by molar-refractivity contribution is 5.95. The number of aromatic nitrogens is 1. The molecule has 0 radical (unpaired) electrons.